The summed E-state index contributed by atoms with van der Waals surface area (Å²) in [6, 6.07) is 12.0. The summed E-state index contributed by atoms with van der Waals surface area (Å²) in [5.41, 5.74) is 2.15. The number of oxime groups is 1. The van der Waals surface area contributed by atoms with Crippen molar-refractivity contribution in [1.29, 1.82) is 0 Å². The van der Waals surface area contributed by atoms with Crippen LogP contribution >= 0.6 is 15.9 Å². The Hall–Kier alpha value is -1.88. The molecule has 0 spiro atoms. The van der Waals surface area contributed by atoms with E-state index in [1.165, 1.54) is 6.07 Å². The van der Waals surface area contributed by atoms with Crippen molar-refractivity contribution in [3.05, 3.63) is 63.9 Å². The van der Waals surface area contributed by atoms with E-state index in [4.69, 9.17) is 9.94 Å². The fourth-order valence-electron chi connectivity index (χ4n) is 1.66. The van der Waals surface area contributed by atoms with E-state index < -0.39 is 0 Å². The lowest BCUT2D eigenvalue weighted by Gasteiger charge is -2.08. The summed E-state index contributed by atoms with van der Waals surface area (Å²) >= 11 is 3.14. The van der Waals surface area contributed by atoms with Crippen LogP contribution in [0.5, 0.6) is 5.75 Å². The van der Waals surface area contributed by atoms with E-state index in [9.17, 15) is 4.39 Å². The van der Waals surface area contributed by atoms with E-state index in [1.807, 2.05) is 18.2 Å². The highest BCUT2D eigenvalue weighted by molar-refractivity contribution is 9.10. The largest absolute Gasteiger partial charge is 0.489 e. The Kier molecular flexibility index (Phi) is 4.74. The molecular formula is C15H13BrFNO2. The van der Waals surface area contributed by atoms with E-state index in [-0.39, 0.29) is 5.82 Å². The fraction of sp³-hybridized carbons (Fsp3) is 0.133. The van der Waals surface area contributed by atoms with Crippen molar-refractivity contribution < 1.29 is 14.3 Å². The molecule has 0 unspecified atom stereocenters. The molecule has 0 radical (unpaired) electrons. The Labute approximate surface area is 124 Å². The molecule has 0 fully saturated rings. The maximum Gasteiger partial charge on any atom is 0.137 e. The van der Waals surface area contributed by atoms with Crippen molar-refractivity contribution in [3.8, 4) is 5.75 Å². The summed E-state index contributed by atoms with van der Waals surface area (Å²) in [5.74, 6) is 0.358. The summed E-state index contributed by atoms with van der Waals surface area (Å²) in [4.78, 5) is 0. The number of halogens is 2. The molecule has 104 valence electrons. The van der Waals surface area contributed by atoms with Crippen LogP contribution in [-0.4, -0.2) is 10.9 Å². The number of benzene rings is 2. The van der Waals surface area contributed by atoms with E-state index in [1.54, 1.807) is 25.1 Å². The maximum atomic E-state index is 13.1. The van der Waals surface area contributed by atoms with Crippen LogP contribution in [0.4, 0.5) is 4.39 Å². The summed E-state index contributed by atoms with van der Waals surface area (Å²) < 4.78 is 19.2. The van der Waals surface area contributed by atoms with Crippen molar-refractivity contribution in [1.82, 2.24) is 0 Å². The molecule has 20 heavy (non-hydrogen) atoms. The Bertz CT molecular complexity index is 644. The van der Waals surface area contributed by atoms with Gasteiger partial charge in [-0.05, 0) is 52.7 Å². The lowest BCUT2D eigenvalue weighted by Crippen LogP contribution is -1.98. The standard InChI is InChI=1S/C15H13BrFNO2/c1-10(18-19)12-3-2-4-13(8-12)20-9-11-5-6-15(17)14(16)7-11/h2-8,19H,9H2,1H3. The summed E-state index contributed by atoms with van der Waals surface area (Å²) in [6.07, 6.45) is 0. The minimum Gasteiger partial charge on any atom is -0.489 e. The Balaban J connectivity index is 2.09. The van der Waals surface area contributed by atoms with Crippen LogP contribution < -0.4 is 4.74 Å². The van der Waals surface area contributed by atoms with Crippen molar-refractivity contribution in [2.24, 2.45) is 5.16 Å². The number of ether oxygens (including phenoxy) is 1. The number of hydrogen-bond acceptors (Lipinski definition) is 3. The number of nitrogens with zero attached hydrogens (tertiary/aromatic N) is 1. The molecule has 3 nitrogen and oxygen atoms in total. The first kappa shape index (κ1) is 14.5. The van der Waals surface area contributed by atoms with Gasteiger partial charge < -0.3 is 9.94 Å². The van der Waals surface area contributed by atoms with Gasteiger partial charge in [0, 0.05) is 5.56 Å². The van der Waals surface area contributed by atoms with Crippen LogP contribution in [0.15, 0.2) is 52.1 Å². The molecule has 1 N–H and O–H groups in total. The third kappa shape index (κ3) is 3.57. The molecule has 0 saturated heterocycles. The molecule has 0 bridgehead atoms. The van der Waals surface area contributed by atoms with Gasteiger partial charge in [0.15, 0.2) is 0 Å². The minimum atomic E-state index is -0.300. The van der Waals surface area contributed by atoms with Gasteiger partial charge in [-0.15, -0.1) is 0 Å². The monoisotopic (exact) mass is 337 g/mol. The highest BCUT2D eigenvalue weighted by Gasteiger charge is 2.03. The average molecular weight is 338 g/mol. The smallest absolute Gasteiger partial charge is 0.137 e. The van der Waals surface area contributed by atoms with Crippen LogP contribution in [0, 0.1) is 5.82 Å². The third-order valence-corrected chi connectivity index (χ3v) is 3.40. The van der Waals surface area contributed by atoms with Crippen molar-refractivity contribution in [2.45, 2.75) is 13.5 Å². The predicted octanol–water partition coefficient (Wildman–Crippen LogP) is 4.37. The predicted molar refractivity (Wildman–Crippen MR) is 78.9 cm³/mol. The first-order valence-corrected chi connectivity index (χ1v) is 6.75. The lowest BCUT2D eigenvalue weighted by atomic mass is 10.1. The quantitative estimate of drug-likeness (QED) is 0.511. The van der Waals surface area contributed by atoms with Gasteiger partial charge in [-0.3, -0.25) is 0 Å². The Morgan fingerprint density at radius 3 is 2.80 bits per heavy atom. The van der Waals surface area contributed by atoms with Crippen LogP contribution in [0.2, 0.25) is 0 Å². The summed E-state index contributed by atoms with van der Waals surface area (Å²) in [7, 11) is 0. The maximum absolute atomic E-state index is 13.1. The van der Waals surface area contributed by atoms with Crippen LogP contribution in [0.3, 0.4) is 0 Å². The SMILES string of the molecule is CC(=NO)c1cccc(OCc2ccc(F)c(Br)c2)c1. The van der Waals surface area contributed by atoms with Crippen molar-refractivity contribution in [2.75, 3.05) is 0 Å². The molecule has 2 aromatic rings. The second-order valence-electron chi connectivity index (χ2n) is 4.25. The molecule has 2 rings (SSSR count). The van der Waals surface area contributed by atoms with Gasteiger partial charge in [0.25, 0.3) is 0 Å². The van der Waals surface area contributed by atoms with E-state index in [0.29, 0.717) is 22.5 Å². The molecule has 0 heterocycles. The zero-order valence-electron chi connectivity index (χ0n) is 10.8. The molecule has 0 aliphatic rings. The molecule has 5 heteroatoms. The van der Waals surface area contributed by atoms with E-state index in [0.717, 1.165) is 11.1 Å². The van der Waals surface area contributed by atoms with Gasteiger partial charge in [-0.25, -0.2) is 4.39 Å². The van der Waals surface area contributed by atoms with Crippen LogP contribution in [0.1, 0.15) is 18.1 Å². The summed E-state index contributed by atoms with van der Waals surface area (Å²) in [6.45, 7) is 2.04. The zero-order valence-corrected chi connectivity index (χ0v) is 12.4. The zero-order chi connectivity index (χ0) is 14.5. The van der Waals surface area contributed by atoms with E-state index in [2.05, 4.69) is 21.1 Å². The molecule has 0 aromatic heterocycles. The van der Waals surface area contributed by atoms with Crippen molar-refractivity contribution >= 4 is 21.6 Å². The van der Waals surface area contributed by atoms with E-state index >= 15 is 0 Å². The molecule has 0 aliphatic heterocycles. The normalized spacial score (nSPS) is 11.4. The second-order valence-corrected chi connectivity index (χ2v) is 5.10. The van der Waals surface area contributed by atoms with Gasteiger partial charge in [-0.2, -0.15) is 0 Å². The van der Waals surface area contributed by atoms with Crippen LogP contribution in [-0.2, 0) is 6.61 Å². The third-order valence-electron chi connectivity index (χ3n) is 2.79. The first-order valence-electron chi connectivity index (χ1n) is 5.96. The van der Waals surface area contributed by atoms with Gasteiger partial charge in [-0.1, -0.05) is 23.4 Å². The lowest BCUT2D eigenvalue weighted by molar-refractivity contribution is 0.305. The minimum absolute atomic E-state index is 0.300. The first-order chi connectivity index (χ1) is 9.60. The molecule has 0 aliphatic carbocycles. The summed E-state index contributed by atoms with van der Waals surface area (Å²) in [5, 5.41) is 11.9. The van der Waals surface area contributed by atoms with Crippen molar-refractivity contribution in [3.63, 3.8) is 0 Å². The number of hydrogen-bond donors (Lipinski definition) is 1. The highest BCUT2D eigenvalue weighted by atomic mass is 79.9. The fourth-order valence-corrected chi connectivity index (χ4v) is 2.09. The van der Waals surface area contributed by atoms with Gasteiger partial charge in [0.2, 0.25) is 0 Å². The molecule has 0 amide bonds. The van der Waals surface area contributed by atoms with Crippen LogP contribution in [0.25, 0.3) is 0 Å². The molecule has 0 saturated carbocycles. The average Bonchev–Trinajstić information content (AvgIpc) is 2.48. The van der Waals surface area contributed by atoms with Gasteiger partial charge >= 0.3 is 0 Å². The second kappa shape index (κ2) is 6.52. The van der Waals surface area contributed by atoms with Gasteiger partial charge in [0.05, 0.1) is 10.2 Å². The Morgan fingerprint density at radius 1 is 1.30 bits per heavy atom. The molecule has 2 aromatic carbocycles. The van der Waals surface area contributed by atoms with Gasteiger partial charge in [0.1, 0.15) is 18.2 Å². The Morgan fingerprint density at radius 2 is 2.10 bits per heavy atom. The highest BCUT2D eigenvalue weighted by Crippen LogP contribution is 2.19. The number of rotatable bonds is 4. The molecule has 0 atom stereocenters. The molecular weight excluding hydrogens is 325 g/mol. The topological polar surface area (TPSA) is 41.8 Å².